The maximum absolute atomic E-state index is 11.7. The number of likely N-dealkylation sites (N-methyl/N-ethyl adjacent to an activating group) is 1. The van der Waals surface area contributed by atoms with Crippen LogP contribution in [0.15, 0.2) is 0 Å². The number of carbonyl (C=O) groups is 1. The van der Waals surface area contributed by atoms with Crippen molar-refractivity contribution < 1.29 is 9.90 Å². The van der Waals surface area contributed by atoms with Crippen LogP contribution in [0.2, 0.25) is 0 Å². The summed E-state index contributed by atoms with van der Waals surface area (Å²) in [5, 5.41) is 14.4. The molecule has 112 valence electrons. The molecule has 0 aliphatic heterocycles. The smallest absolute Gasteiger partial charge is 0.314 e. The summed E-state index contributed by atoms with van der Waals surface area (Å²) in [6, 6.07) is -0.132. The van der Waals surface area contributed by atoms with E-state index in [0.29, 0.717) is 19.5 Å². The zero-order valence-electron chi connectivity index (χ0n) is 12.5. The lowest BCUT2D eigenvalue weighted by atomic mass is 9.75. The van der Waals surface area contributed by atoms with Crippen LogP contribution < -0.4 is 10.6 Å². The number of nitrogens with zero attached hydrogens (tertiary/aromatic N) is 1. The van der Waals surface area contributed by atoms with E-state index in [1.54, 1.807) is 0 Å². The summed E-state index contributed by atoms with van der Waals surface area (Å²) in [7, 11) is 4.20. The highest BCUT2D eigenvalue weighted by atomic mass is 16.3. The molecule has 2 atom stereocenters. The maximum atomic E-state index is 11.7. The van der Waals surface area contributed by atoms with Crippen LogP contribution in [0.3, 0.4) is 0 Å². The van der Waals surface area contributed by atoms with Crippen molar-refractivity contribution >= 4 is 6.03 Å². The van der Waals surface area contributed by atoms with Gasteiger partial charge in [-0.15, -0.1) is 0 Å². The molecule has 0 saturated heterocycles. The molecular weight excluding hydrogens is 242 g/mol. The molecule has 1 aliphatic rings. The Morgan fingerprint density at radius 2 is 2.16 bits per heavy atom. The lowest BCUT2D eigenvalue weighted by Gasteiger charge is -2.45. The molecular formula is C14H29N3O2. The van der Waals surface area contributed by atoms with Crippen LogP contribution in [0.5, 0.6) is 0 Å². The number of aliphatic hydroxyl groups excluding tert-OH is 1. The van der Waals surface area contributed by atoms with Crippen molar-refractivity contribution in [2.45, 2.75) is 44.6 Å². The Labute approximate surface area is 116 Å². The number of nitrogens with one attached hydrogen (secondary N) is 2. The van der Waals surface area contributed by atoms with Crippen LogP contribution in [0, 0.1) is 5.92 Å². The van der Waals surface area contributed by atoms with E-state index in [1.807, 2.05) is 0 Å². The predicted octanol–water partition coefficient (Wildman–Crippen LogP) is 1.18. The van der Waals surface area contributed by atoms with Gasteiger partial charge in [0.05, 0.1) is 0 Å². The summed E-state index contributed by atoms with van der Waals surface area (Å²) < 4.78 is 0. The van der Waals surface area contributed by atoms with Crippen LogP contribution in [0.1, 0.15) is 39.0 Å². The second kappa shape index (κ2) is 7.70. The van der Waals surface area contributed by atoms with E-state index >= 15 is 0 Å². The molecule has 5 heteroatoms. The summed E-state index contributed by atoms with van der Waals surface area (Å²) in [5.74, 6) is 0.718. The van der Waals surface area contributed by atoms with Gasteiger partial charge in [-0.25, -0.2) is 4.79 Å². The lowest BCUT2D eigenvalue weighted by Crippen LogP contribution is -2.56. The Hall–Kier alpha value is -0.810. The van der Waals surface area contributed by atoms with Crippen molar-refractivity contribution in [3.63, 3.8) is 0 Å². The highest BCUT2D eigenvalue weighted by molar-refractivity contribution is 5.73. The number of amides is 2. The fourth-order valence-corrected chi connectivity index (χ4v) is 2.95. The van der Waals surface area contributed by atoms with Gasteiger partial charge in [-0.2, -0.15) is 0 Å². The molecule has 1 rings (SSSR count). The zero-order chi connectivity index (χ0) is 14.3. The van der Waals surface area contributed by atoms with E-state index in [1.165, 1.54) is 12.8 Å². The first-order chi connectivity index (χ1) is 9.00. The molecule has 0 aromatic rings. The fourth-order valence-electron chi connectivity index (χ4n) is 2.95. The Morgan fingerprint density at radius 3 is 2.74 bits per heavy atom. The van der Waals surface area contributed by atoms with Crippen LogP contribution in [0.4, 0.5) is 4.79 Å². The largest absolute Gasteiger partial charge is 0.396 e. The van der Waals surface area contributed by atoms with Gasteiger partial charge in [0.2, 0.25) is 0 Å². The van der Waals surface area contributed by atoms with Gasteiger partial charge >= 0.3 is 6.03 Å². The van der Waals surface area contributed by atoms with Gasteiger partial charge in [0.25, 0.3) is 0 Å². The molecule has 0 bridgehead atoms. The minimum atomic E-state index is -0.132. The molecule has 3 N–H and O–H groups in total. The van der Waals surface area contributed by atoms with Crippen molar-refractivity contribution in [2.75, 3.05) is 33.8 Å². The molecule has 1 saturated carbocycles. The van der Waals surface area contributed by atoms with Crippen LogP contribution >= 0.6 is 0 Å². The maximum Gasteiger partial charge on any atom is 0.314 e. The van der Waals surface area contributed by atoms with E-state index in [4.69, 9.17) is 5.11 Å². The van der Waals surface area contributed by atoms with E-state index < -0.39 is 0 Å². The van der Waals surface area contributed by atoms with Gasteiger partial charge in [0.15, 0.2) is 0 Å². The average Bonchev–Trinajstić information content (AvgIpc) is 2.36. The molecule has 0 spiro atoms. The number of carbonyl (C=O) groups excluding carboxylic acids is 1. The Balaban J connectivity index is 2.43. The van der Waals surface area contributed by atoms with Crippen molar-refractivity contribution in [1.82, 2.24) is 15.5 Å². The van der Waals surface area contributed by atoms with Crippen LogP contribution in [-0.2, 0) is 0 Å². The SMILES string of the molecule is CC1CCCC(CNC(=O)NCCCO)(N(C)C)C1. The topological polar surface area (TPSA) is 64.6 Å². The Bertz CT molecular complexity index is 284. The number of hydrogen-bond donors (Lipinski definition) is 3. The van der Waals surface area contributed by atoms with Gasteiger partial charge in [-0.05, 0) is 39.3 Å². The summed E-state index contributed by atoms with van der Waals surface area (Å²) in [6.45, 7) is 3.61. The number of rotatable bonds is 6. The van der Waals surface area contributed by atoms with E-state index in [-0.39, 0.29) is 18.2 Å². The second-order valence-corrected chi connectivity index (χ2v) is 6.01. The minimum absolute atomic E-state index is 0.0893. The van der Waals surface area contributed by atoms with Crippen molar-refractivity contribution in [3.8, 4) is 0 Å². The first kappa shape index (κ1) is 16.2. The third-order valence-electron chi connectivity index (χ3n) is 4.21. The van der Waals surface area contributed by atoms with Crippen molar-refractivity contribution in [3.05, 3.63) is 0 Å². The van der Waals surface area contributed by atoms with E-state index in [9.17, 15) is 4.79 Å². The monoisotopic (exact) mass is 271 g/mol. The average molecular weight is 271 g/mol. The first-order valence-corrected chi connectivity index (χ1v) is 7.30. The summed E-state index contributed by atoms with van der Waals surface area (Å²) in [5.41, 5.74) is 0.0893. The molecule has 19 heavy (non-hydrogen) atoms. The van der Waals surface area contributed by atoms with Gasteiger partial charge in [-0.1, -0.05) is 19.8 Å². The normalized spacial score (nSPS) is 27.3. The first-order valence-electron chi connectivity index (χ1n) is 7.30. The van der Waals surface area contributed by atoms with Crippen molar-refractivity contribution in [2.24, 2.45) is 5.92 Å². The lowest BCUT2D eigenvalue weighted by molar-refractivity contribution is 0.0773. The number of aliphatic hydroxyl groups is 1. The van der Waals surface area contributed by atoms with Crippen molar-refractivity contribution in [1.29, 1.82) is 0 Å². The molecule has 0 aromatic carbocycles. The van der Waals surface area contributed by atoms with E-state index in [0.717, 1.165) is 18.8 Å². The molecule has 1 fully saturated rings. The Kier molecular flexibility index (Phi) is 6.58. The zero-order valence-corrected chi connectivity index (χ0v) is 12.5. The third-order valence-corrected chi connectivity index (χ3v) is 4.21. The predicted molar refractivity (Wildman–Crippen MR) is 77.2 cm³/mol. The van der Waals surface area contributed by atoms with Gasteiger partial charge < -0.3 is 20.6 Å². The molecule has 5 nitrogen and oxygen atoms in total. The van der Waals surface area contributed by atoms with Gasteiger partial charge in [0, 0.05) is 25.2 Å². The summed E-state index contributed by atoms with van der Waals surface area (Å²) >= 11 is 0. The molecule has 0 aromatic heterocycles. The van der Waals surface area contributed by atoms with Crippen LogP contribution in [-0.4, -0.2) is 55.4 Å². The van der Waals surface area contributed by atoms with Gasteiger partial charge in [0.1, 0.15) is 0 Å². The number of hydrogen-bond acceptors (Lipinski definition) is 3. The van der Waals surface area contributed by atoms with Crippen LogP contribution in [0.25, 0.3) is 0 Å². The molecule has 0 heterocycles. The second-order valence-electron chi connectivity index (χ2n) is 6.01. The number of urea groups is 1. The molecule has 2 unspecified atom stereocenters. The quantitative estimate of drug-likeness (QED) is 0.636. The van der Waals surface area contributed by atoms with Gasteiger partial charge in [-0.3, -0.25) is 0 Å². The molecule has 1 aliphatic carbocycles. The fraction of sp³-hybridized carbons (Fsp3) is 0.929. The summed E-state index contributed by atoms with van der Waals surface area (Å²) in [6.07, 6.45) is 5.40. The molecule has 0 radical (unpaired) electrons. The summed E-state index contributed by atoms with van der Waals surface area (Å²) in [4.78, 5) is 13.9. The molecule has 2 amide bonds. The highest BCUT2D eigenvalue weighted by Crippen LogP contribution is 2.35. The third kappa shape index (κ3) is 4.99. The Morgan fingerprint density at radius 1 is 1.42 bits per heavy atom. The highest BCUT2D eigenvalue weighted by Gasteiger charge is 2.37. The van der Waals surface area contributed by atoms with E-state index in [2.05, 4.69) is 36.6 Å². The standard InChI is InChI=1S/C14H29N3O2/c1-12-6-4-7-14(10-12,17(2)3)11-16-13(19)15-8-5-9-18/h12,18H,4-11H2,1-3H3,(H2,15,16,19). The minimum Gasteiger partial charge on any atom is -0.396 e.